The number of carbonyl (C=O) groups excluding carboxylic acids is 1. The molecule has 18 heavy (non-hydrogen) atoms. The zero-order valence-electron chi connectivity index (χ0n) is 11.7. The van der Waals surface area contributed by atoms with Crippen molar-refractivity contribution < 1.29 is 9.53 Å². The summed E-state index contributed by atoms with van der Waals surface area (Å²) in [4.78, 5) is 16.4. The first-order chi connectivity index (χ1) is 8.40. The van der Waals surface area contributed by atoms with Crippen molar-refractivity contribution >= 4 is 6.09 Å². The standard InChI is InChI=1S/C14H24N2O2/c1-5-7-15-9-11-6-8-16(12(11)10-15)13(17)18-14(2,3)4/h5,11-12H,1,6-10H2,2-4H3/t11-,12+/m1/s1. The van der Waals surface area contributed by atoms with Crippen LogP contribution in [0.25, 0.3) is 0 Å². The molecular formula is C14H24N2O2. The highest BCUT2D eigenvalue weighted by molar-refractivity contribution is 5.69. The Labute approximate surface area is 110 Å². The predicted octanol–water partition coefficient (Wildman–Crippen LogP) is 2.11. The number of carbonyl (C=O) groups is 1. The van der Waals surface area contributed by atoms with Gasteiger partial charge in [-0.15, -0.1) is 6.58 Å². The van der Waals surface area contributed by atoms with Crippen molar-refractivity contribution in [1.82, 2.24) is 9.80 Å². The Morgan fingerprint density at radius 2 is 2.17 bits per heavy atom. The summed E-state index contributed by atoms with van der Waals surface area (Å²) in [5.41, 5.74) is -0.408. The van der Waals surface area contributed by atoms with Gasteiger partial charge in [-0.1, -0.05) is 6.08 Å². The quantitative estimate of drug-likeness (QED) is 0.706. The van der Waals surface area contributed by atoms with Crippen molar-refractivity contribution in [1.29, 1.82) is 0 Å². The molecule has 0 spiro atoms. The van der Waals surface area contributed by atoms with E-state index in [1.54, 1.807) is 0 Å². The molecule has 0 bridgehead atoms. The largest absolute Gasteiger partial charge is 0.444 e. The van der Waals surface area contributed by atoms with Gasteiger partial charge < -0.3 is 9.64 Å². The van der Waals surface area contributed by atoms with Crippen LogP contribution >= 0.6 is 0 Å². The lowest BCUT2D eigenvalue weighted by atomic mass is 10.1. The molecular weight excluding hydrogens is 228 g/mol. The van der Waals surface area contributed by atoms with E-state index in [1.807, 2.05) is 31.7 Å². The molecule has 0 aliphatic carbocycles. The lowest BCUT2D eigenvalue weighted by Crippen LogP contribution is -2.42. The summed E-state index contributed by atoms with van der Waals surface area (Å²) < 4.78 is 5.47. The van der Waals surface area contributed by atoms with E-state index < -0.39 is 5.60 Å². The Hall–Kier alpha value is -1.03. The molecule has 2 aliphatic heterocycles. The zero-order chi connectivity index (χ0) is 13.3. The minimum atomic E-state index is -0.408. The van der Waals surface area contributed by atoms with E-state index in [-0.39, 0.29) is 6.09 Å². The first-order valence-corrected chi connectivity index (χ1v) is 6.73. The van der Waals surface area contributed by atoms with Crippen molar-refractivity contribution in [3.05, 3.63) is 12.7 Å². The van der Waals surface area contributed by atoms with Gasteiger partial charge in [0, 0.05) is 26.2 Å². The zero-order valence-corrected chi connectivity index (χ0v) is 11.7. The van der Waals surface area contributed by atoms with E-state index in [0.29, 0.717) is 12.0 Å². The number of hydrogen-bond donors (Lipinski definition) is 0. The SMILES string of the molecule is C=CCN1C[C@H]2CCN(C(=O)OC(C)(C)C)[C@H]2C1. The third kappa shape index (κ3) is 2.86. The summed E-state index contributed by atoms with van der Waals surface area (Å²) in [6.45, 7) is 13.3. The number of likely N-dealkylation sites (tertiary alicyclic amines) is 2. The smallest absolute Gasteiger partial charge is 0.410 e. The first-order valence-electron chi connectivity index (χ1n) is 6.73. The fourth-order valence-corrected chi connectivity index (χ4v) is 2.93. The summed E-state index contributed by atoms with van der Waals surface area (Å²) in [5, 5.41) is 0. The van der Waals surface area contributed by atoms with E-state index in [0.717, 1.165) is 32.6 Å². The summed E-state index contributed by atoms with van der Waals surface area (Å²) in [6, 6.07) is 0.333. The topological polar surface area (TPSA) is 32.8 Å². The molecule has 0 radical (unpaired) electrons. The summed E-state index contributed by atoms with van der Waals surface area (Å²) in [7, 11) is 0. The number of ether oxygens (including phenoxy) is 1. The van der Waals surface area contributed by atoms with Crippen LogP contribution in [0, 0.1) is 5.92 Å². The Morgan fingerprint density at radius 3 is 2.78 bits per heavy atom. The van der Waals surface area contributed by atoms with Crippen LogP contribution in [0.5, 0.6) is 0 Å². The third-order valence-corrected chi connectivity index (χ3v) is 3.64. The van der Waals surface area contributed by atoms with Crippen LogP contribution in [0.4, 0.5) is 4.79 Å². The van der Waals surface area contributed by atoms with Crippen LogP contribution in [0.1, 0.15) is 27.2 Å². The molecule has 2 saturated heterocycles. The van der Waals surface area contributed by atoms with E-state index in [1.165, 1.54) is 0 Å². The van der Waals surface area contributed by atoms with Gasteiger partial charge in [-0.3, -0.25) is 4.90 Å². The molecule has 4 nitrogen and oxygen atoms in total. The monoisotopic (exact) mass is 252 g/mol. The molecule has 2 fully saturated rings. The number of amides is 1. The molecule has 0 N–H and O–H groups in total. The Balaban J connectivity index is 1.95. The molecule has 0 unspecified atom stereocenters. The van der Waals surface area contributed by atoms with Crippen molar-refractivity contribution in [2.45, 2.75) is 38.8 Å². The normalized spacial score (nSPS) is 28.3. The fraction of sp³-hybridized carbons (Fsp3) is 0.786. The van der Waals surface area contributed by atoms with E-state index in [4.69, 9.17) is 4.74 Å². The van der Waals surface area contributed by atoms with E-state index >= 15 is 0 Å². The van der Waals surface area contributed by atoms with Gasteiger partial charge in [0.25, 0.3) is 0 Å². The lowest BCUT2D eigenvalue weighted by Gasteiger charge is -2.28. The molecule has 0 aromatic heterocycles. The molecule has 2 heterocycles. The maximum absolute atomic E-state index is 12.1. The van der Waals surface area contributed by atoms with Crippen LogP contribution < -0.4 is 0 Å². The van der Waals surface area contributed by atoms with E-state index in [9.17, 15) is 4.79 Å². The van der Waals surface area contributed by atoms with Crippen LogP contribution in [0.3, 0.4) is 0 Å². The maximum atomic E-state index is 12.1. The molecule has 0 aromatic rings. The Morgan fingerprint density at radius 1 is 1.44 bits per heavy atom. The van der Waals surface area contributed by atoms with Crippen LogP contribution in [-0.4, -0.2) is 53.7 Å². The van der Waals surface area contributed by atoms with Gasteiger partial charge in [-0.05, 0) is 33.1 Å². The maximum Gasteiger partial charge on any atom is 0.410 e. The highest BCUT2D eigenvalue weighted by Gasteiger charge is 2.44. The molecule has 0 aromatic carbocycles. The minimum absolute atomic E-state index is 0.157. The van der Waals surface area contributed by atoms with Crippen molar-refractivity contribution in [2.24, 2.45) is 5.92 Å². The van der Waals surface area contributed by atoms with Crippen LogP contribution in [0.15, 0.2) is 12.7 Å². The molecule has 0 saturated carbocycles. The number of rotatable bonds is 2. The lowest BCUT2D eigenvalue weighted by molar-refractivity contribution is 0.0219. The van der Waals surface area contributed by atoms with Gasteiger partial charge in [0.1, 0.15) is 5.60 Å². The first kappa shape index (κ1) is 13.4. The average Bonchev–Trinajstić information content (AvgIpc) is 2.73. The highest BCUT2D eigenvalue weighted by atomic mass is 16.6. The second-order valence-corrected chi connectivity index (χ2v) is 6.30. The van der Waals surface area contributed by atoms with Crippen molar-refractivity contribution in [3.63, 3.8) is 0 Å². The second kappa shape index (κ2) is 4.92. The fourth-order valence-electron chi connectivity index (χ4n) is 2.93. The van der Waals surface area contributed by atoms with Gasteiger partial charge in [-0.25, -0.2) is 4.79 Å². The molecule has 2 aliphatic rings. The van der Waals surface area contributed by atoms with Gasteiger partial charge >= 0.3 is 6.09 Å². The van der Waals surface area contributed by atoms with Gasteiger partial charge in [0.15, 0.2) is 0 Å². The molecule has 1 amide bonds. The van der Waals surface area contributed by atoms with Crippen molar-refractivity contribution in [3.8, 4) is 0 Å². The van der Waals surface area contributed by atoms with Gasteiger partial charge in [0.2, 0.25) is 0 Å². The minimum Gasteiger partial charge on any atom is -0.444 e. The third-order valence-electron chi connectivity index (χ3n) is 3.64. The van der Waals surface area contributed by atoms with Gasteiger partial charge in [0.05, 0.1) is 6.04 Å². The highest BCUT2D eigenvalue weighted by Crippen LogP contribution is 2.32. The van der Waals surface area contributed by atoms with E-state index in [2.05, 4.69) is 11.5 Å². The number of hydrogen-bond acceptors (Lipinski definition) is 3. The molecule has 4 heteroatoms. The summed E-state index contributed by atoms with van der Waals surface area (Å²) in [5.74, 6) is 0.609. The molecule has 2 rings (SSSR count). The predicted molar refractivity (Wildman–Crippen MR) is 71.5 cm³/mol. The Kier molecular flexibility index (Phi) is 3.66. The number of nitrogens with zero attached hydrogens (tertiary/aromatic N) is 2. The van der Waals surface area contributed by atoms with Crippen LogP contribution in [-0.2, 0) is 4.74 Å². The van der Waals surface area contributed by atoms with Crippen molar-refractivity contribution in [2.75, 3.05) is 26.2 Å². The summed E-state index contributed by atoms with van der Waals surface area (Å²) in [6.07, 6.45) is 2.87. The average molecular weight is 252 g/mol. The molecule has 102 valence electrons. The second-order valence-electron chi connectivity index (χ2n) is 6.30. The summed E-state index contributed by atoms with van der Waals surface area (Å²) >= 11 is 0. The molecule has 2 atom stereocenters. The Bertz CT molecular complexity index is 335. The van der Waals surface area contributed by atoms with Gasteiger partial charge in [-0.2, -0.15) is 0 Å². The number of fused-ring (bicyclic) bond motifs is 1. The van der Waals surface area contributed by atoms with Crippen LogP contribution in [0.2, 0.25) is 0 Å².